The maximum atomic E-state index is 8.80. The van der Waals surface area contributed by atoms with Crippen molar-refractivity contribution in [2.75, 3.05) is 65.4 Å². The van der Waals surface area contributed by atoms with Crippen LogP contribution in [0.2, 0.25) is 0 Å². The zero-order valence-corrected chi connectivity index (χ0v) is 26.3. The molecule has 5 rings (SSSR count). The van der Waals surface area contributed by atoms with E-state index in [-0.39, 0.29) is 11.4 Å². The highest BCUT2D eigenvalue weighted by molar-refractivity contribution is 8.14. The van der Waals surface area contributed by atoms with Crippen LogP contribution in [0.3, 0.4) is 0 Å². The fraction of sp³-hybridized carbons (Fsp3) is 0.576. The van der Waals surface area contributed by atoms with E-state index in [0.717, 1.165) is 81.1 Å². The van der Waals surface area contributed by atoms with Crippen molar-refractivity contribution >= 4 is 22.8 Å². The number of amidine groups is 2. The van der Waals surface area contributed by atoms with Gasteiger partial charge in [-0.3, -0.25) is 4.90 Å². The molecule has 2 fully saturated rings. The van der Waals surface area contributed by atoms with Crippen LogP contribution in [-0.4, -0.2) is 91.4 Å². The first-order valence-corrected chi connectivity index (χ1v) is 16.7. The van der Waals surface area contributed by atoms with Crippen molar-refractivity contribution in [1.82, 2.24) is 9.80 Å². The first-order chi connectivity index (χ1) is 21.1. The van der Waals surface area contributed by atoms with Crippen LogP contribution >= 0.6 is 11.8 Å². The van der Waals surface area contributed by atoms with Gasteiger partial charge in [0.2, 0.25) is 0 Å². The fourth-order valence-corrected chi connectivity index (χ4v) is 7.61. The summed E-state index contributed by atoms with van der Waals surface area (Å²) in [6.45, 7) is 7.04. The first kappa shape index (κ1) is 31.5. The average molecular weight is 610 g/mol. The van der Waals surface area contributed by atoms with Crippen molar-refractivity contribution in [3.8, 4) is 11.5 Å². The summed E-state index contributed by atoms with van der Waals surface area (Å²) in [5, 5.41) is 13.0. The third kappa shape index (κ3) is 8.16. The van der Waals surface area contributed by atoms with E-state index in [4.69, 9.17) is 30.1 Å². The summed E-state index contributed by atoms with van der Waals surface area (Å²) in [6, 6.07) is 15.9. The molecular weight excluding hydrogens is 562 g/mol. The molecule has 1 saturated carbocycles. The lowest BCUT2D eigenvalue weighted by molar-refractivity contribution is 0.0365. The highest BCUT2D eigenvalue weighted by Gasteiger charge is 2.47. The number of rotatable bonds is 14. The largest absolute Gasteiger partial charge is 0.494 e. The van der Waals surface area contributed by atoms with Gasteiger partial charge < -0.3 is 30.1 Å². The molecule has 2 aliphatic heterocycles. The minimum Gasteiger partial charge on any atom is -0.494 e. The minimum absolute atomic E-state index is 0.0908. The number of para-hydroxylation sites is 1. The standard InChI is InChI=1S/C33H47N5O4S/c1-37(17-18-38-19-23-40-24-20-38)32-35-33(25-43-32,27-9-3-4-10-27)29-11-5-6-12-30(29)42-22-8-2-7-21-41-28-15-13-26(14-16-28)31(34)36-39/h5-6,11-16,27,39H,2-4,7-10,17-25H2,1H3,(H2,34,36). The number of oxime groups is 1. The first-order valence-electron chi connectivity index (χ1n) is 15.8. The van der Waals surface area contributed by atoms with Crippen LogP contribution in [0.15, 0.2) is 58.7 Å². The number of hydrogen-bond acceptors (Lipinski definition) is 9. The number of nitrogens with two attached hydrogens (primary N) is 1. The van der Waals surface area contributed by atoms with Crippen molar-refractivity contribution in [2.45, 2.75) is 50.5 Å². The zero-order chi connectivity index (χ0) is 29.9. The topological polar surface area (TPSA) is 105 Å². The summed E-state index contributed by atoms with van der Waals surface area (Å²) in [5.74, 6) is 3.38. The van der Waals surface area contributed by atoms with Crippen LogP contribution in [-0.2, 0) is 10.3 Å². The number of hydrogen-bond donors (Lipinski definition) is 2. The molecule has 3 aliphatic rings. The van der Waals surface area contributed by atoms with E-state index in [0.29, 0.717) is 24.7 Å². The van der Waals surface area contributed by atoms with Crippen LogP contribution < -0.4 is 15.2 Å². The molecule has 0 amide bonds. The molecule has 1 atom stereocenters. The van der Waals surface area contributed by atoms with Crippen LogP contribution in [0.5, 0.6) is 11.5 Å². The van der Waals surface area contributed by atoms with Gasteiger partial charge in [0.05, 0.1) is 26.4 Å². The molecule has 10 heteroatoms. The molecule has 0 spiro atoms. The zero-order valence-electron chi connectivity index (χ0n) is 25.5. The Bertz CT molecular complexity index is 1210. The van der Waals surface area contributed by atoms with Gasteiger partial charge in [-0.25, -0.2) is 4.99 Å². The Morgan fingerprint density at radius 2 is 1.79 bits per heavy atom. The number of morpholine rings is 1. The van der Waals surface area contributed by atoms with E-state index in [9.17, 15) is 0 Å². The Morgan fingerprint density at radius 1 is 1.07 bits per heavy atom. The lowest BCUT2D eigenvalue weighted by atomic mass is 9.78. The average Bonchev–Trinajstić information content (AvgIpc) is 3.76. The number of thioether (sulfide) groups is 1. The SMILES string of the molecule is CN(CCN1CCOCC1)C1=NC(c2ccccc2OCCCCCOc2ccc(/C(N)=N/O)cc2)(C2CCCC2)CS1. The van der Waals surface area contributed by atoms with Gasteiger partial charge >= 0.3 is 0 Å². The molecular formula is C33H47N5O4S. The number of benzene rings is 2. The number of likely N-dealkylation sites (N-methyl/N-ethyl adjacent to an activating group) is 1. The lowest BCUT2D eigenvalue weighted by Gasteiger charge is -2.34. The Morgan fingerprint density at radius 3 is 2.53 bits per heavy atom. The van der Waals surface area contributed by atoms with Crippen molar-refractivity contribution in [3.63, 3.8) is 0 Å². The van der Waals surface area contributed by atoms with Gasteiger partial charge in [0.25, 0.3) is 0 Å². The van der Waals surface area contributed by atoms with Crippen molar-refractivity contribution in [1.29, 1.82) is 0 Å². The maximum Gasteiger partial charge on any atom is 0.170 e. The van der Waals surface area contributed by atoms with Gasteiger partial charge in [0.15, 0.2) is 11.0 Å². The number of ether oxygens (including phenoxy) is 3. The lowest BCUT2D eigenvalue weighted by Crippen LogP contribution is -2.41. The quantitative estimate of drug-likeness (QED) is 0.0995. The molecule has 0 aromatic heterocycles. The van der Waals surface area contributed by atoms with Crippen LogP contribution in [0, 0.1) is 5.92 Å². The van der Waals surface area contributed by atoms with Gasteiger partial charge in [-0.1, -0.05) is 48.0 Å². The second-order valence-corrected chi connectivity index (χ2v) is 12.7. The van der Waals surface area contributed by atoms with E-state index in [1.54, 1.807) is 12.1 Å². The summed E-state index contributed by atoms with van der Waals surface area (Å²) in [7, 11) is 2.19. The van der Waals surface area contributed by atoms with E-state index in [1.807, 2.05) is 23.9 Å². The molecule has 2 heterocycles. The predicted molar refractivity (Wildman–Crippen MR) is 174 cm³/mol. The molecule has 1 aliphatic carbocycles. The van der Waals surface area contributed by atoms with Gasteiger partial charge in [-0.2, -0.15) is 0 Å². The minimum atomic E-state index is -0.225. The Kier molecular flexibility index (Phi) is 11.5. The molecule has 234 valence electrons. The summed E-state index contributed by atoms with van der Waals surface area (Å²) >= 11 is 1.91. The molecule has 9 nitrogen and oxygen atoms in total. The predicted octanol–water partition coefficient (Wildman–Crippen LogP) is 5.16. The smallest absolute Gasteiger partial charge is 0.170 e. The Labute approximate surface area is 260 Å². The molecule has 43 heavy (non-hydrogen) atoms. The van der Waals surface area contributed by atoms with Gasteiger partial charge in [-0.05, 0) is 68.4 Å². The molecule has 1 saturated heterocycles. The molecule has 1 unspecified atom stereocenters. The fourth-order valence-electron chi connectivity index (χ4n) is 6.27. The third-order valence-electron chi connectivity index (χ3n) is 8.86. The second kappa shape index (κ2) is 15.7. The third-order valence-corrected chi connectivity index (χ3v) is 10.1. The van der Waals surface area contributed by atoms with Gasteiger partial charge in [-0.15, -0.1) is 0 Å². The molecule has 0 bridgehead atoms. The maximum absolute atomic E-state index is 8.80. The van der Waals surface area contributed by atoms with Crippen molar-refractivity contribution < 1.29 is 19.4 Å². The molecule has 0 radical (unpaired) electrons. The second-order valence-electron chi connectivity index (χ2n) is 11.7. The van der Waals surface area contributed by atoms with Crippen molar-refractivity contribution in [2.24, 2.45) is 21.8 Å². The van der Waals surface area contributed by atoms with Crippen molar-refractivity contribution in [3.05, 3.63) is 59.7 Å². The Balaban J connectivity index is 1.15. The highest BCUT2D eigenvalue weighted by Crippen LogP contribution is 2.51. The Hall–Kier alpha value is -2.95. The summed E-state index contributed by atoms with van der Waals surface area (Å²) in [5.41, 5.74) is 7.32. The summed E-state index contributed by atoms with van der Waals surface area (Å²) < 4.78 is 17.9. The van der Waals surface area contributed by atoms with E-state index in [1.165, 1.54) is 31.2 Å². The highest BCUT2D eigenvalue weighted by atomic mass is 32.2. The van der Waals surface area contributed by atoms with Gasteiger partial charge in [0.1, 0.15) is 17.0 Å². The molecule has 3 N–H and O–H groups in total. The molecule has 2 aromatic rings. The van der Waals surface area contributed by atoms with Crippen LogP contribution in [0.25, 0.3) is 0 Å². The monoisotopic (exact) mass is 609 g/mol. The molecule has 2 aromatic carbocycles. The normalized spacial score (nSPS) is 21.6. The number of aliphatic imine (C=N–C) groups is 1. The van der Waals surface area contributed by atoms with Crippen LogP contribution in [0.1, 0.15) is 56.1 Å². The van der Waals surface area contributed by atoms with Crippen LogP contribution in [0.4, 0.5) is 0 Å². The number of nitrogens with zero attached hydrogens (tertiary/aromatic N) is 4. The summed E-state index contributed by atoms with van der Waals surface area (Å²) in [6.07, 6.45) is 7.96. The van der Waals surface area contributed by atoms with Gasteiger partial charge in [0, 0.05) is 50.1 Å². The number of unbranched alkanes of at least 4 members (excludes halogenated alkanes) is 2. The van der Waals surface area contributed by atoms with E-state index < -0.39 is 0 Å². The summed E-state index contributed by atoms with van der Waals surface area (Å²) in [4.78, 5) is 10.4. The van der Waals surface area contributed by atoms with E-state index in [2.05, 4.69) is 46.3 Å². The van der Waals surface area contributed by atoms with E-state index >= 15 is 0 Å².